The average Bonchev–Trinajstić information content (AvgIpc) is 2.58. The summed E-state index contributed by atoms with van der Waals surface area (Å²) in [7, 11) is 2.67. The van der Waals surface area contributed by atoms with Gasteiger partial charge in [-0.1, -0.05) is 18.2 Å². The SMILES string of the molecule is COCOc1c(C(=O)NC(C)(C)C(=O)OC)ccc2c(F)cccc12. The van der Waals surface area contributed by atoms with Crippen molar-refractivity contribution in [2.45, 2.75) is 19.4 Å². The van der Waals surface area contributed by atoms with Crippen LogP contribution in [0.1, 0.15) is 24.2 Å². The minimum Gasteiger partial charge on any atom is -0.467 e. The van der Waals surface area contributed by atoms with Gasteiger partial charge in [0.25, 0.3) is 5.91 Å². The third kappa shape index (κ3) is 3.88. The zero-order chi connectivity index (χ0) is 18.6. The van der Waals surface area contributed by atoms with E-state index in [2.05, 4.69) is 10.1 Å². The molecule has 0 aliphatic heterocycles. The number of carbonyl (C=O) groups is 2. The molecule has 0 atom stereocenters. The van der Waals surface area contributed by atoms with Gasteiger partial charge in [-0.25, -0.2) is 9.18 Å². The molecule has 0 fully saturated rings. The van der Waals surface area contributed by atoms with Crippen molar-refractivity contribution in [1.29, 1.82) is 0 Å². The van der Waals surface area contributed by atoms with Crippen LogP contribution in [0.15, 0.2) is 30.3 Å². The molecule has 0 saturated heterocycles. The summed E-state index contributed by atoms with van der Waals surface area (Å²) in [6.45, 7) is 2.93. The van der Waals surface area contributed by atoms with Crippen LogP contribution in [0, 0.1) is 5.82 Å². The Balaban J connectivity index is 2.49. The predicted molar refractivity (Wildman–Crippen MR) is 90.0 cm³/mol. The number of hydrogen-bond donors (Lipinski definition) is 1. The molecule has 1 N–H and O–H groups in total. The smallest absolute Gasteiger partial charge is 0.330 e. The number of benzene rings is 2. The van der Waals surface area contributed by atoms with Gasteiger partial charge in [0, 0.05) is 17.9 Å². The van der Waals surface area contributed by atoms with E-state index in [9.17, 15) is 14.0 Å². The van der Waals surface area contributed by atoms with Crippen molar-refractivity contribution in [3.05, 3.63) is 41.7 Å². The maximum absolute atomic E-state index is 14.0. The summed E-state index contributed by atoms with van der Waals surface area (Å²) in [5.74, 6) is -1.39. The summed E-state index contributed by atoms with van der Waals surface area (Å²) in [4.78, 5) is 24.4. The fourth-order valence-electron chi connectivity index (χ4n) is 2.40. The Morgan fingerprint density at radius 3 is 2.48 bits per heavy atom. The maximum atomic E-state index is 14.0. The van der Waals surface area contributed by atoms with E-state index in [4.69, 9.17) is 9.47 Å². The molecule has 2 aromatic rings. The molecule has 2 rings (SSSR count). The first kappa shape index (κ1) is 18.7. The average molecular weight is 349 g/mol. The number of ether oxygens (including phenoxy) is 3. The lowest BCUT2D eigenvalue weighted by molar-refractivity contribution is -0.146. The normalized spacial score (nSPS) is 11.2. The highest BCUT2D eigenvalue weighted by Crippen LogP contribution is 2.32. The molecule has 0 radical (unpaired) electrons. The van der Waals surface area contributed by atoms with E-state index >= 15 is 0 Å². The number of nitrogens with one attached hydrogen (secondary N) is 1. The van der Waals surface area contributed by atoms with Crippen molar-refractivity contribution in [3.8, 4) is 5.75 Å². The number of methoxy groups -OCH3 is 2. The molecule has 25 heavy (non-hydrogen) atoms. The summed E-state index contributed by atoms with van der Waals surface area (Å²) in [6, 6.07) is 7.43. The summed E-state index contributed by atoms with van der Waals surface area (Å²) in [6.07, 6.45) is 0. The standard InChI is InChI=1S/C18H20FNO5/c1-18(2,17(22)24-4)20-16(21)13-9-8-11-12(6-5-7-14(11)19)15(13)25-10-23-3/h5-9H,10H2,1-4H3,(H,20,21). The number of esters is 1. The Morgan fingerprint density at radius 2 is 1.84 bits per heavy atom. The van der Waals surface area contributed by atoms with Crippen molar-refractivity contribution in [3.63, 3.8) is 0 Å². The molecule has 0 aromatic heterocycles. The molecule has 0 bridgehead atoms. The third-order valence-corrected chi connectivity index (χ3v) is 3.65. The lowest BCUT2D eigenvalue weighted by Crippen LogP contribution is -2.50. The maximum Gasteiger partial charge on any atom is 0.330 e. The van der Waals surface area contributed by atoms with Crippen LogP contribution in [-0.2, 0) is 14.3 Å². The molecule has 134 valence electrons. The fraction of sp³-hybridized carbons (Fsp3) is 0.333. The highest BCUT2D eigenvalue weighted by molar-refractivity contribution is 6.05. The van der Waals surface area contributed by atoms with Gasteiger partial charge < -0.3 is 19.5 Å². The molecule has 0 saturated carbocycles. The minimum atomic E-state index is -1.23. The van der Waals surface area contributed by atoms with Crippen LogP contribution in [0.2, 0.25) is 0 Å². The van der Waals surface area contributed by atoms with Gasteiger partial charge in [0.05, 0.1) is 12.7 Å². The second kappa shape index (κ2) is 7.48. The van der Waals surface area contributed by atoms with Crippen molar-refractivity contribution in [2.75, 3.05) is 21.0 Å². The first-order valence-corrected chi connectivity index (χ1v) is 7.55. The second-order valence-corrected chi connectivity index (χ2v) is 5.90. The van der Waals surface area contributed by atoms with E-state index in [-0.39, 0.29) is 18.1 Å². The Bertz CT molecular complexity index is 803. The van der Waals surface area contributed by atoms with Gasteiger partial charge in [0.15, 0.2) is 6.79 Å². The van der Waals surface area contributed by atoms with E-state index in [1.54, 1.807) is 6.07 Å². The van der Waals surface area contributed by atoms with E-state index in [0.29, 0.717) is 10.8 Å². The van der Waals surface area contributed by atoms with Crippen LogP contribution >= 0.6 is 0 Å². The van der Waals surface area contributed by atoms with E-state index in [1.165, 1.54) is 52.3 Å². The Hall–Kier alpha value is -2.67. The first-order valence-electron chi connectivity index (χ1n) is 7.55. The molecule has 6 nitrogen and oxygen atoms in total. The van der Waals surface area contributed by atoms with Crippen LogP contribution in [0.25, 0.3) is 10.8 Å². The number of halogens is 1. The van der Waals surface area contributed by atoms with Crippen LogP contribution in [-0.4, -0.2) is 38.4 Å². The zero-order valence-corrected chi connectivity index (χ0v) is 14.5. The molecule has 7 heteroatoms. The number of carbonyl (C=O) groups excluding carboxylic acids is 2. The summed E-state index contributed by atoms with van der Waals surface area (Å²) in [5.41, 5.74) is -1.08. The highest BCUT2D eigenvalue weighted by atomic mass is 19.1. The highest BCUT2D eigenvalue weighted by Gasteiger charge is 2.32. The second-order valence-electron chi connectivity index (χ2n) is 5.90. The summed E-state index contributed by atoms with van der Waals surface area (Å²) >= 11 is 0. The monoisotopic (exact) mass is 349 g/mol. The number of amides is 1. The minimum absolute atomic E-state index is 0.115. The zero-order valence-electron chi connectivity index (χ0n) is 14.5. The predicted octanol–water partition coefficient (Wildman–Crippen LogP) is 2.64. The van der Waals surface area contributed by atoms with Crippen LogP contribution in [0.5, 0.6) is 5.75 Å². The van der Waals surface area contributed by atoms with Crippen LogP contribution in [0.4, 0.5) is 4.39 Å². The van der Waals surface area contributed by atoms with Crippen LogP contribution < -0.4 is 10.1 Å². The number of hydrogen-bond acceptors (Lipinski definition) is 5. The number of fused-ring (bicyclic) bond motifs is 1. The lowest BCUT2D eigenvalue weighted by Gasteiger charge is -2.24. The largest absolute Gasteiger partial charge is 0.467 e. The van der Waals surface area contributed by atoms with Gasteiger partial charge in [0.2, 0.25) is 0 Å². The van der Waals surface area contributed by atoms with E-state index in [1.807, 2.05) is 0 Å². The van der Waals surface area contributed by atoms with Gasteiger partial charge in [-0.2, -0.15) is 0 Å². The molecule has 0 spiro atoms. The third-order valence-electron chi connectivity index (χ3n) is 3.65. The van der Waals surface area contributed by atoms with Gasteiger partial charge in [0.1, 0.15) is 17.1 Å². The molecule has 0 aliphatic rings. The van der Waals surface area contributed by atoms with Crippen molar-refractivity contribution < 1.29 is 28.2 Å². The Kier molecular flexibility index (Phi) is 5.58. The quantitative estimate of drug-likeness (QED) is 0.641. The van der Waals surface area contributed by atoms with Crippen LogP contribution in [0.3, 0.4) is 0 Å². The Morgan fingerprint density at radius 1 is 1.12 bits per heavy atom. The first-order chi connectivity index (χ1) is 11.8. The fourth-order valence-corrected chi connectivity index (χ4v) is 2.40. The Labute approximate surface area is 144 Å². The van der Waals surface area contributed by atoms with Gasteiger partial charge >= 0.3 is 5.97 Å². The molecule has 0 unspecified atom stereocenters. The van der Waals surface area contributed by atoms with Gasteiger partial charge in [-0.05, 0) is 26.0 Å². The molecule has 2 aromatic carbocycles. The molecule has 0 heterocycles. The molecule has 0 aliphatic carbocycles. The number of rotatable bonds is 6. The topological polar surface area (TPSA) is 73.9 Å². The van der Waals surface area contributed by atoms with Gasteiger partial charge in [-0.3, -0.25) is 4.79 Å². The summed E-state index contributed by atoms with van der Waals surface area (Å²) < 4.78 is 29.1. The summed E-state index contributed by atoms with van der Waals surface area (Å²) in [5, 5.41) is 3.34. The van der Waals surface area contributed by atoms with Crippen molar-refractivity contribution >= 4 is 22.6 Å². The van der Waals surface area contributed by atoms with Crippen molar-refractivity contribution in [2.24, 2.45) is 0 Å². The van der Waals surface area contributed by atoms with E-state index in [0.717, 1.165) is 0 Å². The lowest BCUT2D eigenvalue weighted by atomic mass is 10.0. The molecular formula is C18H20FNO5. The molecular weight excluding hydrogens is 329 g/mol. The van der Waals surface area contributed by atoms with Crippen molar-refractivity contribution in [1.82, 2.24) is 5.32 Å². The van der Waals surface area contributed by atoms with Gasteiger partial charge in [-0.15, -0.1) is 0 Å². The molecule has 1 amide bonds. The van der Waals surface area contributed by atoms with E-state index < -0.39 is 23.2 Å².